The molecule has 3 amide bonds. The van der Waals surface area contributed by atoms with Crippen LogP contribution in [0.4, 0.5) is 5.82 Å². The highest BCUT2D eigenvalue weighted by Gasteiger charge is 2.39. The van der Waals surface area contributed by atoms with E-state index in [-0.39, 0.29) is 30.2 Å². The highest BCUT2D eigenvalue weighted by molar-refractivity contribution is 6.05. The third-order valence-electron chi connectivity index (χ3n) is 6.56. The average molecular weight is 449 g/mol. The maximum absolute atomic E-state index is 12.8. The SMILES string of the molecule is NC1CCN(c2cccc(CNCc3ccc4c(c3)CN(C3CCC(=O)NC3=O)C4=O)n2)C1. The lowest BCUT2D eigenvalue weighted by atomic mass is 10.0. The van der Waals surface area contributed by atoms with Crippen molar-refractivity contribution in [1.29, 1.82) is 0 Å². The first-order chi connectivity index (χ1) is 16.0. The highest BCUT2D eigenvalue weighted by atomic mass is 16.2. The van der Waals surface area contributed by atoms with Gasteiger partial charge in [-0.3, -0.25) is 19.7 Å². The van der Waals surface area contributed by atoms with Gasteiger partial charge < -0.3 is 20.9 Å². The molecule has 3 aliphatic rings. The number of pyridine rings is 1. The third kappa shape index (κ3) is 4.46. The summed E-state index contributed by atoms with van der Waals surface area (Å²) < 4.78 is 0. The number of rotatable bonds is 6. The van der Waals surface area contributed by atoms with Gasteiger partial charge in [0.15, 0.2) is 0 Å². The van der Waals surface area contributed by atoms with Gasteiger partial charge >= 0.3 is 0 Å². The Morgan fingerprint density at radius 2 is 2.00 bits per heavy atom. The van der Waals surface area contributed by atoms with E-state index < -0.39 is 6.04 Å². The number of amides is 3. The number of fused-ring (bicyclic) bond motifs is 1. The van der Waals surface area contributed by atoms with E-state index in [0.717, 1.165) is 42.1 Å². The zero-order valence-corrected chi connectivity index (χ0v) is 18.4. The van der Waals surface area contributed by atoms with Crippen molar-refractivity contribution in [3.8, 4) is 0 Å². The van der Waals surface area contributed by atoms with Gasteiger partial charge in [-0.25, -0.2) is 4.98 Å². The topological polar surface area (TPSA) is 121 Å². The Balaban J connectivity index is 1.19. The fourth-order valence-corrected chi connectivity index (χ4v) is 4.81. The van der Waals surface area contributed by atoms with Crippen molar-refractivity contribution in [2.75, 3.05) is 18.0 Å². The van der Waals surface area contributed by atoms with E-state index in [4.69, 9.17) is 10.7 Å². The Labute approximate surface area is 192 Å². The Bertz CT molecular complexity index is 1100. The van der Waals surface area contributed by atoms with Crippen LogP contribution in [0.1, 0.15) is 46.4 Å². The van der Waals surface area contributed by atoms with E-state index in [1.165, 1.54) is 0 Å². The van der Waals surface area contributed by atoms with Crippen molar-refractivity contribution in [3.05, 3.63) is 58.8 Å². The van der Waals surface area contributed by atoms with Crippen LogP contribution in [0.15, 0.2) is 36.4 Å². The number of carbonyl (C=O) groups is 3. The molecule has 33 heavy (non-hydrogen) atoms. The molecule has 9 nitrogen and oxygen atoms in total. The summed E-state index contributed by atoms with van der Waals surface area (Å²) in [4.78, 5) is 45.0. The summed E-state index contributed by atoms with van der Waals surface area (Å²) in [6.45, 7) is 3.44. The number of nitrogens with two attached hydrogens (primary N) is 1. The standard InChI is InChI=1S/C24H28N6O3/c25-17-8-9-29(14-17)21-3-1-2-18(27-21)12-26-11-15-4-5-19-16(10-15)13-30(24(19)33)20-6-7-22(31)28-23(20)32/h1-5,10,17,20,26H,6-9,11-14,25H2,(H,28,31,32). The summed E-state index contributed by atoms with van der Waals surface area (Å²) in [5.41, 5.74) is 9.58. The highest BCUT2D eigenvalue weighted by Crippen LogP contribution is 2.28. The van der Waals surface area contributed by atoms with Crippen LogP contribution in [-0.4, -0.2) is 52.8 Å². The fourth-order valence-electron chi connectivity index (χ4n) is 4.81. The van der Waals surface area contributed by atoms with Gasteiger partial charge in [0.1, 0.15) is 11.9 Å². The molecule has 0 aliphatic carbocycles. The molecule has 0 spiro atoms. The molecule has 0 saturated carbocycles. The number of hydrogen-bond acceptors (Lipinski definition) is 7. The van der Waals surface area contributed by atoms with E-state index in [1.54, 1.807) is 4.90 Å². The zero-order valence-electron chi connectivity index (χ0n) is 18.4. The van der Waals surface area contributed by atoms with Crippen LogP contribution in [0.5, 0.6) is 0 Å². The van der Waals surface area contributed by atoms with Crippen LogP contribution < -0.4 is 21.3 Å². The maximum Gasteiger partial charge on any atom is 0.255 e. The van der Waals surface area contributed by atoms with Gasteiger partial charge in [-0.05, 0) is 42.2 Å². The van der Waals surface area contributed by atoms with E-state index in [0.29, 0.717) is 31.6 Å². The summed E-state index contributed by atoms with van der Waals surface area (Å²) in [5, 5.41) is 5.76. The van der Waals surface area contributed by atoms with Gasteiger partial charge in [-0.2, -0.15) is 0 Å². The second kappa shape index (κ2) is 8.92. The lowest BCUT2D eigenvalue weighted by Gasteiger charge is -2.29. The summed E-state index contributed by atoms with van der Waals surface area (Å²) >= 11 is 0. The molecule has 0 bridgehead atoms. The van der Waals surface area contributed by atoms with Gasteiger partial charge in [0.25, 0.3) is 5.91 Å². The second-order valence-corrected chi connectivity index (χ2v) is 8.98. The van der Waals surface area contributed by atoms with Gasteiger partial charge in [0.2, 0.25) is 11.8 Å². The van der Waals surface area contributed by atoms with E-state index in [2.05, 4.69) is 15.5 Å². The van der Waals surface area contributed by atoms with E-state index in [1.807, 2.05) is 36.4 Å². The Morgan fingerprint density at radius 3 is 2.79 bits per heavy atom. The lowest BCUT2D eigenvalue weighted by molar-refractivity contribution is -0.136. The maximum atomic E-state index is 12.8. The summed E-state index contributed by atoms with van der Waals surface area (Å²) in [6, 6.07) is 11.5. The number of imide groups is 1. The molecule has 9 heteroatoms. The molecule has 3 aliphatic heterocycles. The molecule has 0 radical (unpaired) electrons. The van der Waals surface area contributed by atoms with Gasteiger partial charge in [-0.15, -0.1) is 0 Å². The number of hydrogen-bond donors (Lipinski definition) is 3. The number of carbonyl (C=O) groups excluding carboxylic acids is 3. The normalized spacial score (nSPS) is 22.6. The average Bonchev–Trinajstić information content (AvgIpc) is 3.37. The van der Waals surface area contributed by atoms with Gasteiger partial charge in [-0.1, -0.05) is 18.2 Å². The smallest absolute Gasteiger partial charge is 0.255 e. The molecule has 2 unspecified atom stereocenters. The summed E-state index contributed by atoms with van der Waals surface area (Å²) in [7, 11) is 0. The minimum atomic E-state index is -0.590. The van der Waals surface area contributed by atoms with Crippen molar-refractivity contribution >= 4 is 23.5 Å². The molecule has 2 aromatic rings. The molecular formula is C24H28N6O3. The number of aromatic nitrogens is 1. The van der Waals surface area contributed by atoms with Crippen molar-refractivity contribution in [1.82, 2.24) is 20.5 Å². The van der Waals surface area contributed by atoms with Crippen molar-refractivity contribution < 1.29 is 14.4 Å². The summed E-state index contributed by atoms with van der Waals surface area (Å²) in [5.74, 6) is 0.145. The molecule has 1 aromatic carbocycles. The molecule has 5 rings (SSSR count). The Morgan fingerprint density at radius 1 is 1.12 bits per heavy atom. The van der Waals surface area contributed by atoms with Crippen LogP contribution in [0.3, 0.4) is 0 Å². The number of benzene rings is 1. The van der Waals surface area contributed by atoms with Crippen LogP contribution >= 0.6 is 0 Å². The quantitative estimate of drug-likeness (QED) is 0.556. The Kier molecular flexibility index (Phi) is 5.82. The van der Waals surface area contributed by atoms with Crippen LogP contribution in [0.2, 0.25) is 0 Å². The molecule has 172 valence electrons. The van der Waals surface area contributed by atoms with Crippen molar-refractivity contribution in [3.63, 3.8) is 0 Å². The van der Waals surface area contributed by atoms with Gasteiger partial charge in [0.05, 0.1) is 5.69 Å². The van der Waals surface area contributed by atoms with Crippen molar-refractivity contribution in [2.24, 2.45) is 5.73 Å². The minimum Gasteiger partial charge on any atom is -0.355 e. The fraction of sp³-hybridized carbons (Fsp3) is 0.417. The molecule has 1 aromatic heterocycles. The largest absolute Gasteiger partial charge is 0.355 e. The first-order valence-electron chi connectivity index (χ1n) is 11.4. The van der Waals surface area contributed by atoms with Crippen LogP contribution in [0.25, 0.3) is 0 Å². The zero-order chi connectivity index (χ0) is 22.9. The predicted molar refractivity (Wildman–Crippen MR) is 122 cm³/mol. The van der Waals surface area contributed by atoms with Crippen LogP contribution in [0, 0.1) is 0 Å². The molecule has 2 atom stereocenters. The lowest BCUT2D eigenvalue weighted by Crippen LogP contribution is -2.52. The summed E-state index contributed by atoms with van der Waals surface area (Å²) in [6.07, 6.45) is 1.62. The van der Waals surface area contributed by atoms with E-state index in [9.17, 15) is 14.4 Å². The molecule has 2 saturated heterocycles. The Hall–Kier alpha value is -3.30. The number of piperidine rings is 1. The predicted octanol–water partition coefficient (Wildman–Crippen LogP) is 0.670. The van der Waals surface area contributed by atoms with Crippen LogP contribution in [-0.2, 0) is 29.2 Å². The van der Waals surface area contributed by atoms with Crippen molar-refractivity contribution in [2.45, 2.75) is 51.0 Å². The monoisotopic (exact) mass is 448 g/mol. The number of anilines is 1. The first-order valence-corrected chi connectivity index (χ1v) is 11.4. The third-order valence-corrected chi connectivity index (χ3v) is 6.56. The molecule has 4 N–H and O–H groups in total. The second-order valence-electron chi connectivity index (χ2n) is 8.98. The van der Waals surface area contributed by atoms with E-state index >= 15 is 0 Å². The number of nitrogens with one attached hydrogen (secondary N) is 2. The molecular weight excluding hydrogens is 420 g/mol. The molecule has 4 heterocycles. The number of nitrogens with zero attached hydrogens (tertiary/aromatic N) is 3. The minimum absolute atomic E-state index is 0.151. The molecule has 2 fully saturated rings. The van der Waals surface area contributed by atoms with Gasteiger partial charge in [0, 0.05) is 50.7 Å². The first kappa shape index (κ1) is 21.5.